The van der Waals surface area contributed by atoms with E-state index in [0.29, 0.717) is 5.02 Å². The Hall–Kier alpha value is -1.93. The lowest BCUT2D eigenvalue weighted by molar-refractivity contribution is 0.477. The predicted molar refractivity (Wildman–Crippen MR) is 70.4 cm³/mol. The summed E-state index contributed by atoms with van der Waals surface area (Å²) < 4.78 is 0. The lowest BCUT2D eigenvalue weighted by Crippen LogP contribution is -1.77. The van der Waals surface area contributed by atoms with Crippen LogP contribution >= 0.6 is 11.6 Å². The van der Waals surface area contributed by atoms with Crippen molar-refractivity contribution >= 4 is 22.5 Å². The third-order valence-corrected chi connectivity index (χ3v) is 3.16. The molecule has 2 N–H and O–H groups in total. The van der Waals surface area contributed by atoms with Gasteiger partial charge in [0.15, 0.2) is 0 Å². The molecule has 0 bridgehead atoms. The molecule has 17 heavy (non-hydrogen) atoms. The molecule has 3 heteroatoms. The molecule has 0 aliphatic rings. The molecule has 2 aromatic carbocycles. The van der Waals surface area contributed by atoms with E-state index in [4.69, 9.17) is 11.6 Å². The fourth-order valence-electron chi connectivity index (χ4n) is 2.05. The minimum Gasteiger partial charge on any atom is -0.507 e. The van der Waals surface area contributed by atoms with Crippen molar-refractivity contribution in [2.75, 3.05) is 0 Å². The van der Waals surface area contributed by atoms with Gasteiger partial charge in [-0.05, 0) is 18.2 Å². The first-order valence-corrected chi connectivity index (χ1v) is 5.69. The summed E-state index contributed by atoms with van der Waals surface area (Å²) in [5.41, 5.74) is 2.67. The first-order chi connectivity index (χ1) is 8.27. The minimum atomic E-state index is 0.258. The Balaban J connectivity index is 2.36. The van der Waals surface area contributed by atoms with Crippen molar-refractivity contribution in [3.63, 3.8) is 0 Å². The molecule has 0 aliphatic heterocycles. The van der Waals surface area contributed by atoms with Crippen LogP contribution in [0.1, 0.15) is 0 Å². The van der Waals surface area contributed by atoms with E-state index in [1.165, 1.54) is 0 Å². The van der Waals surface area contributed by atoms with Crippen molar-refractivity contribution < 1.29 is 5.11 Å². The lowest BCUT2D eigenvalue weighted by atomic mass is 10.0. The van der Waals surface area contributed by atoms with E-state index in [0.717, 1.165) is 22.0 Å². The first-order valence-electron chi connectivity index (χ1n) is 5.31. The van der Waals surface area contributed by atoms with E-state index in [9.17, 15) is 5.11 Å². The van der Waals surface area contributed by atoms with Gasteiger partial charge in [-0.3, -0.25) is 0 Å². The number of phenols is 1. The molecule has 0 spiro atoms. The van der Waals surface area contributed by atoms with E-state index < -0.39 is 0 Å². The summed E-state index contributed by atoms with van der Waals surface area (Å²) in [5.74, 6) is 0.258. The normalized spacial score (nSPS) is 10.9. The van der Waals surface area contributed by atoms with Crippen molar-refractivity contribution in [1.82, 2.24) is 4.98 Å². The van der Waals surface area contributed by atoms with Gasteiger partial charge in [0.2, 0.25) is 0 Å². The number of H-pyrrole nitrogens is 1. The molecule has 2 nitrogen and oxygen atoms in total. The van der Waals surface area contributed by atoms with Gasteiger partial charge in [-0.25, -0.2) is 0 Å². The summed E-state index contributed by atoms with van der Waals surface area (Å²) in [7, 11) is 0. The molecule has 0 unspecified atom stereocenters. The maximum Gasteiger partial charge on any atom is 0.123 e. The average molecular weight is 244 g/mol. The number of aromatic amines is 1. The zero-order valence-electron chi connectivity index (χ0n) is 8.94. The Labute approximate surface area is 103 Å². The molecule has 0 amide bonds. The fraction of sp³-hybridized carbons (Fsp3) is 0. The third-order valence-electron chi connectivity index (χ3n) is 2.85. The van der Waals surface area contributed by atoms with E-state index in [1.54, 1.807) is 12.1 Å². The largest absolute Gasteiger partial charge is 0.507 e. The second-order valence-corrected chi connectivity index (χ2v) is 4.29. The number of hydrogen-bond acceptors (Lipinski definition) is 1. The number of rotatable bonds is 1. The van der Waals surface area contributed by atoms with Crippen LogP contribution in [0, 0.1) is 0 Å². The minimum absolute atomic E-state index is 0.258. The van der Waals surface area contributed by atoms with Crippen LogP contribution < -0.4 is 0 Å². The zero-order valence-corrected chi connectivity index (χ0v) is 9.70. The highest BCUT2D eigenvalue weighted by Gasteiger charge is 2.11. The molecule has 1 aromatic heterocycles. The van der Waals surface area contributed by atoms with Gasteiger partial charge >= 0.3 is 0 Å². The molecule has 3 aromatic rings. The first kappa shape index (κ1) is 10.2. The molecular formula is C14H10ClNO. The second kappa shape index (κ2) is 3.82. The van der Waals surface area contributed by atoms with Gasteiger partial charge in [-0.1, -0.05) is 35.9 Å². The van der Waals surface area contributed by atoms with Crippen molar-refractivity contribution in [2.45, 2.75) is 0 Å². The van der Waals surface area contributed by atoms with Gasteiger partial charge in [0.1, 0.15) is 5.75 Å². The van der Waals surface area contributed by atoms with Gasteiger partial charge in [0.25, 0.3) is 0 Å². The number of benzene rings is 2. The SMILES string of the molecule is Oc1ccccc1-c1c[nH]c2cccc(Cl)c12. The number of para-hydroxylation sites is 1. The Morgan fingerprint density at radius 3 is 2.59 bits per heavy atom. The van der Waals surface area contributed by atoms with Crippen LogP contribution in [0.2, 0.25) is 5.02 Å². The molecule has 0 radical (unpaired) electrons. The summed E-state index contributed by atoms with van der Waals surface area (Å²) in [4.78, 5) is 3.16. The molecule has 0 saturated heterocycles. The van der Waals surface area contributed by atoms with Crippen LogP contribution in [0.5, 0.6) is 5.75 Å². The van der Waals surface area contributed by atoms with Crippen molar-refractivity contribution in [3.8, 4) is 16.9 Å². The Morgan fingerprint density at radius 1 is 0.941 bits per heavy atom. The molecule has 84 valence electrons. The Kier molecular flexibility index (Phi) is 2.30. The quantitative estimate of drug-likeness (QED) is 0.660. The van der Waals surface area contributed by atoms with Crippen molar-refractivity contribution in [3.05, 3.63) is 53.7 Å². The van der Waals surface area contributed by atoms with Gasteiger partial charge in [0, 0.05) is 28.2 Å². The zero-order chi connectivity index (χ0) is 11.8. The highest BCUT2D eigenvalue weighted by atomic mass is 35.5. The maximum absolute atomic E-state index is 9.88. The molecule has 3 rings (SSSR count). The number of aromatic nitrogens is 1. The van der Waals surface area contributed by atoms with Crippen molar-refractivity contribution in [2.24, 2.45) is 0 Å². The highest BCUT2D eigenvalue weighted by molar-refractivity contribution is 6.36. The van der Waals surface area contributed by atoms with Crippen LogP contribution in [0.4, 0.5) is 0 Å². The number of nitrogens with one attached hydrogen (secondary N) is 1. The van der Waals surface area contributed by atoms with Crippen LogP contribution in [0.25, 0.3) is 22.0 Å². The van der Waals surface area contributed by atoms with Crippen LogP contribution in [-0.4, -0.2) is 10.1 Å². The summed E-state index contributed by atoms with van der Waals surface area (Å²) in [6, 6.07) is 13.0. The van der Waals surface area contributed by atoms with Crippen LogP contribution in [0.3, 0.4) is 0 Å². The third kappa shape index (κ3) is 1.58. The van der Waals surface area contributed by atoms with Crippen LogP contribution in [0.15, 0.2) is 48.7 Å². The number of fused-ring (bicyclic) bond motifs is 1. The standard InChI is InChI=1S/C14H10ClNO/c15-11-5-3-6-12-14(11)10(8-16-12)9-4-1-2-7-13(9)17/h1-8,16-17H. The van der Waals surface area contributed by atoms with Gasteiger partial charge < -0.3 is 10.1 Å². The molecule has 0 aliphatic carbocycles. The van der Waals surface area contributed by atoms with E-state index in [-0.39, 0.29) is 5.75 Å². The van der Waals surface area contributed by atoms with Gasteiger partial charge in [-0.2, -0.15) is 0 Å². The van der Waals surface area contributed by atoms with Gasteiger partial charge in [-0.15, -0.1) is 0 Å². The fourth-order valence-corrected chi connectivity index (χ4v) is 2.33. The Morgan fingerprint density at radius 2 is 1.76 bits per heavy atom. The van der Waals surface area contributed by atoms with E-state index in [2.05, 4.69) is 4.98 Å². The number of aromatic hydroxyl groups is 1. The molecule has 0 saturated carbocycles. The number of phenolic OH excluding ortho intramolecular Hbond substituents is 1. The summed E-state index contributed by atoms with van der Waals surface area (Å²) in [6.07, 6.45) is 1.87. The summed E-state index contributed by atoms with van der Waals surface area (Å²) >= 11 is 6.20. The predicted octanol–water partition coefficient (Wildman–Crippen LogP) is 4.19. The monoisotopic (exact) mass is 243 g/mol. The molecule has 1 heterocycles. The molecular weight excluding hydrogens is 234 g/mol. The Bertz CT molecular complexity index is 688. The number of halogens is 1. The highest BCUT2D eigenvalue weighted by Crippen LogP contribution is 2.37. The smallest absolute Gasteiger partial charge is 0.123 e. The summed E-state index contributed by atoms with van der Waals surface area (Å²) in [6.45, 7) is 0. The van der Waals surface area contributed by atoms with E-state index in [1.807, 2.05) is 36.5 Å². The molecule has 0 fully saturated rings. The second-order valence-electron chi connectivity index (χ2n) is 3.88. The average Bonchev–Trinajstić information content (AvgIpc) is 2.75. The topological polar surface area (TPSA) is 36.0 Å². The number of hydrogen-bond donors (Lipinski definition) is 2. The van der Waals surface area contributed by atoms with E-state index >= 15 is 0 Å². The summed E-state index contributed by atoms with van der Waals surface area (Å²) in [5, 5.41) is 11.5. The van der Waals surface area contributed by atoms with Crippen molar-refractivity contribution in [1.29, 1.82) is 0 Å². The van der Waals surface area contributed by atoms with Gasteiger partial charge in [0.05, 0.1) is 5.02 Å². The lowest BCUT2D eigenvalue weighted by Gasteiger charge is -2.03. The molecule has 0 atom stereocenters. The maximum atomic E-state index is 9.88. The van der Waals surface area contributed by atoms with Crippen LogP contribution in [-0.2, 0) is 0 Å².